The Morgan fingerprint density at radius 2 is 1.78 bits per heavy atom. The Hall–Kier alpha value is -2.34. The van der Waals surface area contributed by atoms with E-state index in [2.05, 4.69) is 4.90 Å². The number of nitrogens with zero attached hydrogens (tertiary/aromatic N) is 3. The monoisotopic (exact) mass is 371 g/mol. The molecule has 0 saturated carbocycles. The number of amides is 2. The number of rotatable bonds is 6. The van der Waals surface area contributed by atoms with Crippen molar-refractivity contribution in [2.24, 2.45) is 0 Å². The number of likely N-dealkylation sites (tertiary alicyclic amines) is 1. The van der Waals surface area contributed by atoms with Gasteiger partial charge in [-0.1, -0.05) is 12.1 Å². The first-order valence-electron chi connectivity index (χ1n) is 9.77. The predicted molar refractivity (Wildman–Crippen MR) is 105 cm³/mol. The van der Waals surface area contributed by atoms with Gasteiger partial charge in [0.2, 0.25) is 11.8 Å². The highest BCUT2D eigenvalue weighted by atomic mass is 16.5. The van der Waals surface area contributed by atoms with E-state index in [1.807, 2.05) is 29.2 Å². The van der Waals surface area contributed by atoms with E-state index in [4.69, 9.17) is 4.74 Å². The maximum absolute atomic E-state index is 12.5. The summed E-state index contributed by atoms with van der Waals surface area (Å²) in [6.07, 6.45) is 6.32. The predicted octanol–water partition coefficient (Wildman–Crippen LogP) is 1.87. The molecule has 0 N–H and O–H groups in total. The Bertz CT molecular complexity index is 666. The van der Waals surface area contributed by atoms with Gasteiger partial charge in [-0.15, -0.1) is 0 Å². The van der Waals surface area contributed by atoms with Crippen LogP contribution in [0.5, 0.6) is 5.75 Å². The zero-order valence-electron chi connectivity index (χ0n) is 16.1. The van der Waals surface area contributed by atoms with Crippen molar-refractivity contribution in [3.05, 3.63) is 35.9 Å². The molecule has 1 aromatic carbocycles. The molecular formula is C21H29N3O3. The summed E-state index contributed by atoms with van der Waals surface area (Å²) in [4.78, 5) is 31.0. The highest BCUT2D eigenvalue weighted by Crippen LogP contribution is 2.13. The average molecular weight is 371 g/mol. The van der Waals surface area contributed by atoms with Crippen LogP contribution < -0.4 is 4.74 Å². The molecule has 0 aromatic heterocycles. The summed E-state index contributed by atoms with van der Waals surface area (Å²) in [6.45, 7) is 5.70. The summed E-state index contributed by atoms with van der Waals surface area (Å²) in [7, 11) is 1.63. The molecule has 2 amide bonds. The van der Waals surface area contributed by atoms with Gasteiger partial charge in [0.1, 0.15) is 5.75 Å². The van der Waals surface area contributed by atoms with Crippen LogP contribution in [-0.2, 0) is 9.59 Å². The number of carbonyl (C=O) groups is 2. The largest absolute Gasteiger partial charge is 0.497 e. The second-order valence-electron chi connectivity index (χ2n) is 7.11. The smallest absolute Gasteiger partial charge is 0.246 e. The summed E-state index contributed by atoms with van der Waals surface area (Å²) in [6, 6.07) is 7.56. The van der Waals surface area contributed by atoms with E-state index >= 15 is 0 Å². The molecule has 6 heteroatoms. The van der Waals surface area contributed by atoms with Crippen LogP contribution in [0.4, 0.5) is 0 Å². The third kappa shape index (κ3) is 5.57. The molecule has 2 fully saturated rings. The lowest BCUT2D eigenvalue weighted by atomic mass is 10.2. The lowest BCUT2D eigenvalue weighted by Gasteiger charge is -2.24. The SMILES string of the molecule is COc1ccc(C=CC(=O)N2CCC(=O)N(CCN3CCCC3)CC2)cc1. The zero-order valence-corrected chi connectivity index (χ0v) is 16.1. The molecule has 0 spiro atoms. The van der Waals surface area contributed by atoms with E-state index < -0.39 is 0 Å². The minimum absolute atomic E-state index is 0.0417. The van der Waals surface area contributed by atoms with Crippen molar-refractivity contribution >= 4 is 17.9 Å². The lowest BCUT2D eigenvalue weighted by Crippen LogP contribution is -2.39. The third-order valence-electron chi connectivity index (χ3n) is 5.32. The molecule has 3 rings (SSSR count). The van der Waals surface area contributed by atoms with Crippen molar-refractivity contribution in [2.75, 3.05) is 52.9 Å². The van der Waals surface area contributed by atoms with Crippen molar-refractivity contribution in [2.45, 2.75) is 19.3 Å². The Labute approximate surface area is 161 Å². The van der Waals surface area contributed by atoms with E-state index in [9.17, 15) is 9.59 Å². The molecule has 6 nitrogen and oxygen atoms in total. The molecule has 27 heavy (non-hydrogen) atoms. The molecule has 146 valence electrons. The number of carbonyl (C=O) groups excluding carboxylic acids is 2. The Morgan fingerprint density at radius 1 is 1.04 bits per heavy atom. The fraction of sp³-hybridized carbons (Fsp3) is 0.524. The molecule has 0 atom stereocenters. The Balaban J connectivity index is 1.50. The van der Waals surface area contributed by atoms with Crippen LogP contribution in [0.15, 0.2) is 30.3 Å². The van der Waals surface area contributed by atoms with Crippen molar-refractivity contribution in [3.8, 4) is 5.75 Å². The molecule has 0 radical (unpaired) electrons. The van der Waals surface area contributed by atoms with Crippen LogP contribution in [0, 0.1) is 0 Å². The van der Waals surface area contributed by atoms with Crippen molar-refractivity contribution in [3.63, 3.8) is 0 Å². The summed E-state index contributed by atoms with van der Waals surface area (Å²) in [5, 5.41) is 0. The molecule has 0 aliphatic carbocycles. The first-order chi connectivity index (χ1) is 13.2. The van der Waals surface area contributed by atoms with Crippen LogP contribution in [0.25, 0.3) is 6.08 Å². The Kier molecular flexibility index (Phi) is 6.87. The van der Waals surface area contributed by atoms with Crippen molar-refractivity contribution < 1.29 is 14.3 Å². The van der Waals surface area contributed by atoms with Gasteiger partial charge < -0.3 is 19.4 Å². The van der Waals surface area contributed by atoms with Crippen LogP contribution in [0.2, 0.25) is 0 Å². The minimum atomic E-state index is -0.0417. The second kappa shape index (κ2) is 9.55. The summed E-state index contributed by atoms with van der Waals surface area (Å²) in [5.41, 5.74) is 0.947. The molecule has 2 aliphatic rings. The maximum atomic E-state index is 12.5. The molecule has 0 unspecified atom stereocenters. The van der Waals surface area contributed by atoms with Gasteiger partial charge in [0.05, 0.1) is 7.11 Å². The highest BCUT2D eigenvalue weighted by Gasteiger charge is 2.23. The van der Waals surface area contributed by atoms with Crippen molar-refractivity contribution in [1.82, 2.24) is 14.7 Å². The molecule has 0 bridgehead atoms. The highest BCUT2D eigenvalue weighted by molar-refractivity contribution is 5.92. The zero-order chi connectivity index (χ0) is 19.1. The molecule has 2 aliphatic heterocycles. The third-order valence-corrected chi connectivity index (χ3v) is 5.32. The van der Waals surface area contributed by atoms with Gasteiger partial charge in [-0.25, -0.2) is 0 Å². The van der Waals surface area contributed by atoms with Gasteiger partial charge in [0.25, 0.3) is 0 Å². The van der Waals surface area contributed by atoms with E-state index in [1.54, 1.807) is 24.2 Å². The first kappa shape index (κ1) is 19.4. The topological polar surface area (TPSA) is 53.1 Å². The molecule has 1 aromatic rings. The molecular weight excluding hydrogens is 342 g/mol. The van der Waals surface area contributed by atoms with Crippen LogP contribution in [-0.4, -0.2) is 79.4 Å². The number of methoxy groups -OCH3 is 1. The van der Waals surface area contributed by atoms with Gasteiger partial charge >= 0.3 is 0 Å². The van der Waals surface area contributed by atoms with Gasteiger partial charge in [-0.2, -0.15) is 0 Å². The Morgan fingerprint density at radius 3 is 2.48 bits per heavy atom. The fourth-order valence-electron chi connectivity index (χ4n) is 3.58. The summed E-state index contributed by atoms with van der Waals surface area (Å²) in [5.74, 6) is 0.905. The van der Waals surface area contributed by atoms with E-state index in [1.165, 1.54) is 12.8 Å². The van der Waals surface area contributed by atoms with Gasteiger partial charge in [0, 0.05) is 45.2 Å². The van der Waals surface area contributed by atoms with Crippen LogP contribution in [0.3, 0.4) is 0 Å². The quantitative estimate of drug-likeness (QED) is 0.717. The summed E-state index contributed by atoms with van der Waals surface area (Å²) < 4.78 is 5.14. The van der Waals surface area contributed by atoms with Gasteiger partial charge in [-0.05, 0) is 49.7 Å². The fourth-order valence-corrected chi connectivity index (χ4v) is 3.58. The first-order valence-corrected chi connectivity index (χ1v) is 9.77. The average Bonchev–Trinajstić information content (AvgIpc) is 3.15. The number of ether oxygens (including phenoxy) is 1. The normalized spacial score (nSPS) is 18.9. The summed E-state index contributed by atoms with van der Waals surface area (Å²) >= 11 is 0. The molecule has 2 heterocycles. The second-order valence-corrected chi connectivity index (χ2v) is 7.11. The lowest BCUT2D eigenvalue weighted by molar-refractivity contribution is -0.130. The maximum Gasteiger partial charge on any atom is 0.246 e. The van der Waals surface area contributed by atoms with Gasteiger partial charge in [0.15, 0.2) is 0 Å². The van der Waals surface area contributed by atoms with Crippen LogP contribution in [0.1, 0.15) is 24.8 Å². The number of hydrogen-bond donors (Lipinski definition) is 0. The number of hydrogen-bond acceptors (Lipinski definition) is 4. The van der Waals surface area contributed by atoms with E-state index in [0.29, 0.717) is 26.1 Å². The number of benzene rings is 1. The van der Waals surface area contributed by atoms with Crippen molar-refractivity contribution in [1.29, 1.82) is 0 Å². The molecule has 2 saturated heterocycles. The van der Waals surface area contributed by atoms with E-state index in [-0.39, 0.29) is 11.8 Å². The van der Waals surface area contributed by atoms with Gasteiger partial charge in [-0.3, -0.25) is 9.59 Å². The van der Waals surface area contributed by atoms with E-state index in [0.717, 1.165) is 37.5 Å². The minimum Gasteiger partial charge on any atom is -0.497 e. The standard InChI is InChI=1S/C21H29N3O3/c1-27-19-7-4-18(5-8-19)6-9-20(25)23-13-10-21(26)24(17-16-23)15-14-22-11-2-3-12-22/h4-9H,2-3,10-17H2,1H3. The van der Waals surface area contributed by atoms with Crippen LogP contribution >= 0.6 is 0 Å².